The summed E-state index contributed by atoms with van der Waals surface area (Å²) in [4.78, 5) is 29.2. The van der Waals surface area contributed by atoms with Gasteiger partial charge in [-0.1, -0.05) is 6.92 Å². The van der Waals surface area contributed by atoms with Crippen LogP contribution in [0.3, 0.4) is 0 Å². The Hall–Kier alpha value is -2.52. The Morgan fingerprint density at radius 1 is 1.13 bits per heavy atom. The molecule has 0 unspecified atom stereocenters. The summed E-state index contributed by atoms with van der Waals surface area (Å²) in [5.41, 5.74) is -0.665. The van der Waals surface area contributed by atoms with E-state index in [1.165, 1.54) is 26.2 Å². The molecule has 1 spiro atoms. The number of hydrogen-bond acceptors (Lipinski definition) is 7. The summed E-state index contributed by atoms with van der Waals surface area (Å²) in [6.45, 7) is 4.56. The minimum absolute atomic E-state index is 0.0285. The molecular formula is C21H30N2O7. The molecule has 30 heavy (non-hydrogen) atoms. The Kier molecular flexibility index (Phi) is 6.72. The molecule has 2 aliphatic heterocycles. The third-order valence-electron chi connectivity index (χ3n) is 5.85. The van der Waals surface area contributed by atoms with E-state index in [9.17, 15) is 14.7 Å². The summed E-state index contributed by atoms with van der Waals surface area (Å²) in [7, 11) is 4.42. The fourth-order valence-electron chi connectivity index (χ4n) is 4.34. The van der Waals surface area contributed by atoms with E-state index in [-0.39, 0.29) is 12.2 Å². The quantitative estimate of drug-likeness (QED) is 0.711. The number of carbonyl (C=O) groups excluding carboxylic acids is 1. The van der Waals surface area contributed by atoms with E-state index in [2.05, 4.69) is 11.8 Å². The lowest BCUT2D eigenvalue weighted by Crippen LogP contribution is -2.58. The smallest absolute Gasteiger partial charge is 0.328 e. The van der Waals surface area contributed by atoms with Gasteiger partial charge in [0.2, 0.25) is 5.75 Å². The number of rotatable bonds is 7. The normalized spacial score (nSPS) is 20.9. The van der Waals surface area contributed by atoms with Crippen LogP contribution >= 0.6 is 0 Å². The molecule has 2 saturated heterocycles. The molecule has 2 fully saturated rings. The second-order valence-electron chi connectivity index (χ2n) is 7.54. The number of carboxylic acid groups (broad SMARTS) is 1. The van der Waals surface area contributed by atoms with Crippen molar-refractivity contribution in [2.45, 2.75) is 38.0 Å². The zero-order valence-corrected chi connectivity index (χ0v) is 18.0. The highest BCUT2D eigenvalue weighted by Crippen LogP contribution is 2.42. The summed E-state index contributed by atoms with van der Waals surface area (Å²) >= 11 is 0. The van der Waals surface area contributed by atoms with Crippen LogP contribution in [0.25, 0.3) is 0 Å². The molecule has 1 aromatic carbocycles. The van der Waals surface area contributed by atoms with Gasteiger partial charge in [-0.15, -0.1) is 0 Å². The Balaban J connectivity index is 1.97. The Labute approximate surface area is 176 Å². The van der Waals surface area contributed by atoms with E-state index >= 15 is 0 Å². The maximum Gasteiger partial charge on any atom is 0.328 e. The van der Waals surface area contributed by atoms with Gasteiger partial charge < -0.3 is 29.0 Å². The first-order valence-corrected chi connectivity index (χ1v) is 10.1. The number of methoxy groups -OCH3 is 3. The van der Waals surface area contributed by atoms with Crippen molar-refractivity contribution in [3.8, 4) is 17.2 Å². The van der Waals surface area contributed by atoms with Gasteiger partial charge in [0.25, 0.3) is 5.91 Å². The van der Waals surface area contributed by atoms with Gasteiger partial charge in [0.05, 0.1) is 27.9 Å². The van der Waals surface area contributed by atoms with E-state index < -0.39 is 23.6 Å². The molecule has 0 saturated carbocycles. The lowest BCUT2D eigenvalue weighted by Gasteiger charge is -2.44. The van der Waals surface area contributed by atoms with Crippen molar-refractivity contribution in [2.24, 2.45) is 0 Å². The number of likely N-dealkylation sites (tertiary alicyclic amines) is 1. The lowest BCUT2D eigenvalue weighted by molar-refractivity contribution is -0.143. The second-order valence-corrected chi connectivity index (χ2v) is 7.54. The predicted molar refractivity (Wildman–Crippen MR) is 108 cm³/mol. The van der Waals surface area contributed by atoms with Gasteiger partial charge in [0.1, 0.15) is 5.72 Å². The van der Waals surface area contributed by atoms with E-state index in [0.29, 0.717) is 30.1 Å². The highest BCUT2D eigenvalue weighted by Gasteiger charge is 2.54. The van der Waals surface area contributed by atoms with E-state index in [1.54, 1.807) is 12.1 Å². The SMILES string of the molecule is CCCN1CCC2(CC1)OC[C@H](C(=O)O)N2C(=O)c1cc(OC)c(OC)c(OC)c1. The van der Waals surface area contributed by atoms with Crippen LogP contribution in [0.15, 0.2) is 12.1 Å². The van der Waals surface area contributed by atoms with Crippen LogP contribution in [0, 0.1) is 0 Å². The van der Waals surface area contributed by atoms with Crippen LogP contribution in [-0.2, 0) is 9.53 Å². The first-order chi connectivity index (χ1) is 14.4. The van der Waals surface area contributed by atoms with Crippen LogP contribution in [0.2, 0.25) is 0 Å². The maximum atomic E-state index is 13.6. The molecule has 1 N–H and O–H groups in total. The second kappa shape index (κ2) is 9.09. The largest absolute Gasteiger partial charge is 0.493 e. The fourth-order valence-corrected chi connectivity index (χ4v) is 4.34. The van der Waals surface area contributed by atoms with Gasteiger partial charge in [-0.2, -0.15) is 0 Å². The number of benzene rings is 1. The Bertz CT molecular complexity index is 765. The highest BCUT2D eigenvalue weighted by molar-refractivity contribution is 5.98. The zero-order chi connectivity index (χ0) is 21.9. The van der Waals surface area contributed by atoms with E-state index in [0.717, 1.165) is 26.1 Å². The third kappa shape index (κ3) is 3.91. The van der Waals surface area contributed by atoms with Gasteiger partial charge in [-0.05, 0) is 25.1 Å². The molecule has 1 aromatic rings. The Morgan fingerprint density at radius 3 is 2.20 bits per heavy atom. The third-order valence-corrected chi connectivity index (χ3v) is 5.85. The average molecular weight is 422 g/mol. The maximum absolute atomic E-state index is 13.6. The number of amides is 1. The number of carbonyl (C=O) groups is 2. The van der Waals surface area contributed by atoms with Crippen molar-refractivity contribution in [2.75, 3.05) is 47.6 Å². The molecule has 9 heteroatoms. The minimum atomic E-state index is -1.08. The number of ether oxygens (including phenoxy) is 4. The lowest BCUT2D eigenvalue weighted by atomic mass is 9.96. The fraction of sp³-hybridized carbons (Fsp3) is 0.619. The zero-order valence-electron chi connectivity index (χ0n) is 18.0. The summed E-state index contributed by atoms with van der Waals surface area (Å²) in [6.07, 6.45) is 2.17. The molecule has 0 aliphatic carbocycles. The number of hydrogen-bond donors (Lipinski definition) is 1. The number of piperidine rings is 1. The average Bonchev–Trinajstić information content (AvgIpc) is 3.12. The molecular weight excluding hydrogens is 392 g/mol. The molecule has 0 radical (unpaired) electrons. The van der Waals surface area contributed by atoms with Crippen LogP contribution in [0.1, 0.15) is 36.5 Å². The minimum Gasteiger partial charge on any atom is -0.493 e. The molecule has 166 valence electrons. The first-order valence-electron chi connectivity index (χ1n) is 10.1. The van der Waals surface area contributed by atoms with Crippen molar-refractivity contribution in [3.05, 3.63) is 17.7 Å². The molecule has 2 aliphatic rings. The standard InChI is InChI=1S/C21H30N2O7/c1-5-8-22-9-6-21(7-10-22)23(15(13-30-21)20(25)26)19(24)14-11-16(27-2)18(29-4)17(12-14)28-3/h11-12,15H,5-10,13H2,1-4H3,(H,25,26)/t15-/m1/s1. The topological polar surface area (TPSA) is 97.8 Å². The summed E-state index contributed by atoms with van der Waals surface area (Å²) in [5, 5.41) is 9.76. The predicted octanol–water partition coefficient (Wildman–Crippen LogP) is 1.84. The van der Waals surface area contributed by atoms with Crippen molar-refractivity contribution in [1.82, 2.24) is 9.80 Å². The Morgan fingerprint density at radius 2 is 1.73 bits per heavy atom. The monoisotopic (exact) mass is 422 g/mol. The molecule has 9 nitrogen and oxygen atoms in total. The van der Waals surface area contributed by atoms with Crippen LogP contribution in [-0.4, -0.2) is 86.1 Å². The van der Waals surface area contributed by atoms with Crippen molar-refractivity contribution in [1.29, 1.82) is 0 Å². The summed E-state index contributed by atoms with van der Waals surface area (Å²) in [6, 6.07) is 2.04. The number of nitrogens with zero attached hydrogens (tertiary/aromatic N) is 2. The van der Waals surface area contributed by atoms with E-state index in [4.69, 9.17) is 18.9 Å². The molecule has 1 atom stereocenters. The molecule has 0 aromatic heterocycles. The summed E-state index contributed by atoms with van der Waals surface area (Å²) in [5.74, 6) is -0.476. The summed E-state index contributed by atoms with van der Waals surface area (Å²) < 4.78 is 22.0. The van der Waals surface area contributed by atoms with Gasteiger partial charge in [0, 0.05) is 31.5 Å². The molecule has 2 heterocycles. The van der Waals surface area contributed by atoms with Crippen molar-refractivity contribution >= 4 is 11.9 Å². The van der Waals surface area contributed by atoms with Crippen LogP contribution in [0.5, 0.6) is 17.2 Å². The number of aliphatic carboxylic acids is 1. The van der Waals surface area contributed by atoms with Crippen LogP contribution in [0.4, 0.5) is 0 Å². The molecule has 1 amide bonds. The molecule has 3 rings (SSSR count). The van der Waals surface area contributed by atoms with Gasteiger partial charge in [-0.25, -0.2) is 4.79 Å². The molecule has 0 bridgehead atoms. The van der Waals surface area contributed by atoms with Gasteiger partial charge in [-0.3, -0.25) is 9.69 Å². The van der Waals surface area contributed by atoms with Crippen molar-refractivity contribution in [3.63, 3.8) is 0 Å². The van der Waals surface area contributed by atoms with Gasteiger partial charge >= 0.3 is 5.97 Å². The van der Waals surface area contributed by atoms with Crippen molar-refractivity contribution < 1.29 is 33.6 Å². The van der Waals surface area contributed by atoms with Crippen LogP contribution < -0.4 is 14.2 Å². The van der Waals surface area contributed by atoms with E-state index in [1.807, 2.05) is 0 Å². The first kappa shape index (κ1) is 22.2. The van der Waals surface area contributed by atoms with Gasteiger partial charge in [0.15, 0.2) is 17.5 Å². The number of carboxylic acids is 1. The highest BCUT2D eigenvalue weighted by atomic mass is 16.5.